The van der Waals surface area contributed by atoms with E-state index in [-0.39, 0.29) is 11.9 Å². The summed E-state index contributed by atoms with van der Waals surface area (Å²) >= 11 is 1.58. The Kier molecular flexibility index (Phi) is 4.39. The molecule has 2 bridgehead atoms. The highest BCUT2D eigenvalue weighted by Gasteiger charge is 2.36. The zero-order chi connectivity index (χ0) is 16.5. The predicted molar refractivity (Wildman–Crippen MR) is 92.1 cm³/mol. The lowest BCUT2D eigenvalue weighted by molar-refractivity contribution is 0.0424. The van der Waals surface area contributed by atoms with E-state index in [0.29, 0.717) is 12.5 Å². The molecule has 2 fully saturated rings. The van der Waals surface area contributed by atoms with Gasteiger partial charge >= 0.3 is 0 Å². The van der Waals surface area contributed by atoms with E-state index >= 15 is 0 Å². The van der Waals surface area contributed by atoms with Gasteiger partial charge in [-0.2, -0.15) is 0 Å². The molecule has 2 aliphatic rings. The topological polar surface area (TPSA) is 61.5 Å². The second-order valence-corrected chi connectivity index (χ2v) is 7.98. The normalized spacial score (nSPS) is 24.8. The number of H-pyrrole nitrogens is 1. The van der Waals surface area contributed by atoms with Crippen molar-refractivity contribution in [3.05, 3.63) is 40.1 Å². The highest BCUT2D eigenvalue weighted by Crippen LogP contribution is 2.25. The largest absolute Gasteiger partial charge is 0.379 e. The number of carbonyl (C=O) groups excluding carboxylic acids is 1. The van der Waals surface area contributed by atoms with Crippen LogP contribution in [-0.2, 0) is 11.3 Å². The molecule has 4 heterocycles. The fraction of sp³-hybridized carbons (Fsp3) is 0.529. The smallest absolute Gasteiger partial charge is 0.264 e. The number of nitrogens with zero attached hydrogens (tertiary/aromatic N) is 3. The maximum Gasteiger partial charge on any atom is 0.264 e. The number of nitrogens with one attached hydrogen (secondary N) is 1. The lowest BCUT2D eigenvalue weighted by atomic mass is 10.1. The Morgan fingerprint density at radius 1 is 1.38 bits per heavy atom. The van der Waals surface area contributed by atoms with Crippen molar-refractivity contribution in [3.8, 4) is 0 Å². The third-order valence-electron chi connectivity index (χ3n) is 4.71. The second-order valence-electron chi connectivity index (χ2n) is 6.70. The molecule has 0 unspecified atom stereocenters. The number of fused-ring (bicyclic) bond motifs is 3. The average molecular weight is 346 g/mol. The first-order valence-electron chi connectivity index (χ1n) is 8.34. The monoisotopic (exact) mass is 346 g/mol. The minimum atomic E-state index is 0.107. The van der Waals surface area contributed by atoms with E-state index in [1.165, 1.54) is 4.88 Å². The maximum absolute atomic E-state index is 13.0. The van der Waals surface area contributed by atoms with Gasteiger partial charge in [-0.25, -0.2) is 4.98 Å². The molecule has 2 atom stereocenters. The van der Waals surface area contributed by atoms with Gasteiger partial charge in [0.15, 0.2) is 0 Å². The summed E-state index contributed by atoms with van der Waals surface area (Å²) in [6.45, 7) is 6.79. The first kappa shape index (κ1) is 15.8. The van der Waals surface area contributed by atoms with Crippen LogP contribution < -0.4 is 0 Å². The van der Waals surface area contributed by atoms with Crippen LogP contribution in [0.3, 0.4) is 0 Å². The zero-order valence-electron chi connectivity index (χ0n) is 13.8. The molecule has 4 rings (SSSR count). The van der Waals surface area contributed by atoms with E-state index < -0.39 is 0 Å². The molecule has 1 amide bonds. The van der Waals surface area contributed by atoms with Gasteiger partial charge in [0.05, 0.1) is 30.5 Å². The van der Waals surface area contributed by atoms with Gasteiger partial charge in [-0.05, 0) is 19.1 Å². The predicted octanol–water partition coefficient (Wildman–Crippen LogP) is 1.75. The molecule has 2 aromatic heterocycles. The molecule has 7 heteroatoms. The van der Waals surface area contributed by atoms with Crippen LogP contribution in [0.4, 0.5) is 0 Å². The van der Waals surface area contributed by atoms with E-state index in [1.54, 1.807) is 17.7 Å². The minimum Gasteiger partial charge on any atom is -0.379 e. The molecule has 2 aromatic rings. The Bertz CT molecular complexity index is 699. The van der Waals surface area contributed by atoms with Gasteiger partial charge in [0.1, 0.15) is 0 Å². The second kappa shape index (κ2) is 6.66. The molecule has 0 saturated carbocycles. The number of thiophene rings is 1. The van der Waals surface area contributed by atoms with Crippen LogP contribution in [0.25, 0.3) is 0 Å². The summed E-state index contributed by atoms with van der Waals surface area (Å²) in [5.41, 5.74) is 1.11. The summed E-state index contributed by atoms with van der Waals surface area (Å²) in [5, 5.41) is 0. The summed E-state index contributed by atoms with van der Waals surface area (Å²) in [6.07, 6.45) is 3.58. The molecular weight excluding hydrogens is 324 g/mol. The van der Waals surface area contributed by atoms with Crippen molar-refractivity contribution in [2.24, 2.45) is 5.92 Å². The number of hydrogen-bond acceptors (Lipinski definition) is 5. The van der Waals surface area contributed by atoms with E-state index in [2.05, 4.69) is 14.9 Å². The third-order valence-corrected chi connectivity index (χ3v) is 5.69. The summed E-state index contributed by atoms with van der Waals surface area (Å²) in [5.74, 6) is 0.502. The quantitative estimate of drug-likeness (QED) is 0.920. The molecular formula is C17H22N4O2S. The van der Waals surface area contributed by atoms with Crippen LogP contribution in [0.15, 0.2) is 24.7 Å². The fourth-order valence-corrected chi connectivity index (χ4v) is 4.44. The number of imidazole rings is 1. The molecule has 0 aliphatic carbocycles. The van der Waals surface area contributed by atoms with Crippen molar-refractivity contribution >= 4 is 17.2 Å². The summed E-state index contributed by atoms with van der Waals surface area (Å²) in [6, 6.07) is 4.07. The molecule has 2 saturated heterocycles. The van der Waals surface area contributed by atoms with Gasteiger partial charge in [-0.1, -0.05) is 0 Å². The number of aryl methyl sites for hydroxylation is 1. The number of hydrogen-bond donors (Lipinski definition) is 1. The minimum absolute atomic E-state index is 0.107. The number of rotatable bonds is 3. The Morgan fingerprint density at radius 2 is 2.29 bits per heavy atom. The van der Waals surface area contributed by atoms with Crippen molar-refractivity contribution in [1.82, 2.24) is 19.8 Å². The van der Waals surface area contributed by atoms with Crippen LogP contribution in [0.1, 0.15) is 20.2 Å². The van der Waals surface area contributed by atoms with Crippen molar-refractivity contribution in [1.29, 1.82) is 0 Å². The Labute approximate surface area is 145 Å². The van der Waals surface area contributed by atoms with Crippen LogP contribution in [0.5, 0.6) is 0 Å². The van der Waals surface area contributed by atoms with Crippen LogP contribution in [0, 0.1) is 12.8 Å². The highest BCUT2D eigenvalue weighted by atomic mass is 32.1. The summed E-state index contributed by atoms with van der Waals surface area (Å²) < 4.78 is 5.83. The molecule has 0 aromatic carbocycles. The standard InChI is InChI=1S/C17H22N4O2S/c1-12-2-3-16(24-12)17(22)21-6-13-5-20(7-14-4-18-11-19-14)8-15(21)10-23-9-13/h2-4,11,13,15H,5-10H2,1H3,(H,18,19)/t13-,15-/m0/s1. The first-order valence-corrected chi connectivity index (χ1v) is 9.15. The first-order chi connectivity index (χ1) is 11.7. The van der Waals surface area contributed by atoms with Gasteiger partial charge < -0.3 is 14.6 Å². The molecule has 128 valence electrons. The number of aromatic amines is 1. The van der Waals surface area contributed by atoms with Gasteiger partial charge in [0.2, 0.25) is 0 Å². The van der Waals surface area contributed by atoms with E-state index in [0.717, 1.165) is 43.4 Å². The van der Waals surface area contributed by atoms with E-state index in [9.17, 15) is 4.79 Å². The van der Waals surface area contributed by atoms with Crippen molar-refractivity contribution in [3.63, 3.8) is 0 Å². The Balaban J connectivity index is 1.53. The van der Waals surface area contributed by atoms with Gasteiger partial charge in [0.25, 0.3) is 5.91 Å². The zero-order valence-corrected chi connectivity index (χ0v) is 14.6. The lowest BCUT2D eigenvalue weighted by Crippen LogP contribution is -2.46. The van der Waals surface area contributed by atoms with Crippen LogP contribution >= 0.6 is 11.3 Å². The number of ether oxygens (including phenoxy) is 1. The molecule has 2 aliphatic heterocycles. The lowest BCUT2D eigenvalue weighted by Gasteiger charge is -2.30. The summed E-state index contributed by atoms with van der Waals surface area (Å²) in [4.78, 5) is 26.7. The van der Waals surface area contributed by atoms with Crippen LogP contribution in [-0.4, -0.2) is 64.6 Å². The van der Waals surface area contributed by atoms with E-state index in [4.69, 9.17) is 4.74 Å². The highest BCUT2D eigenvalue weighted by molar-refractivity contribution is 7.13. The van der Waals surface area contributed by atoms with Crippen LogP contribution in [0.2, 0.25) is 0 Å². The SMILES string of the molecule is Cc1ccc(C(=O)N2C[C@H]3COC[C@@H]2CN(Cc2cnc[nH]2)C3)s1. The Hall–Kier alpha value is -1.70. The van der Waals surface area contributed by atoms with Crippen molar-refractivity contribution < 1.29 is 9.53 Å². The van der Waals surface area contributed by atoms with Crippen molar-refractivity contribution in [2.45, 2.75) is 19.5 Å². The number of amides is 1. The molecule has 0 radical (unpaired) electrons. The fourth-order valence-electron chi connectivity index (χ4n) is 3.62. The Morgan fingerprint density at radius 3 is 3.04 bits per heavy atom. The van der Waals surface area contributed by atoms with Gasteiger partial charge in [-0.15, -0.1) is 11.3 Å². The average Bonchev–Trinajstić information content (AvgIpc) is 3.12. The summed E-state index contributed by atoms with van der Waals surface area (Å²) in [7, 11) is 0. The van der Waals surface area contributed by atoms with Crippen molar-refractivity contribution in [2.75, 3.05) is 32.8 Å². The third kappa shape index (κ3) is 3.24. The van der Waals surface area contributed by atoms with Gasteiger partial charge in [0, 0.05) is 48.9 Å². The number of aromatic nitrogens is 2. The molecule has 24 heavy (non-hydrogen) atoms. The van der Waals surface area contributed by atoms with E-state index in [1.807, 2.05) is 30.2 Å². The molecule has 1 N–H and O–H groups in total. The molecule has 6 nitrogen and oxygen atoms in total. The maximum atomic E-state index is 13.0. The van der Waals surface area contributed by atoms with Gasteiger partial charge in [-0.3, -0.25) is 9.69 Å². The molecule has 0 spiro atoms. The number of carbonyl (C=O) groups is 1.